The number of hydrogen-bond acceptors (Lipinski definition) is 2. The Kier molecular flexibility index (Phi) is 3.83. The molecule has 0 bridgehead atoms. The Morgan fingerprint density at radius 1 is 1.47 bits per heavy atom. The number of halogens is 1. The fourth-order valence-electron chi connectivity index (χ4n) is 1.92. The molecular formula is C13H15IN2O. The average molecular weight is 342 g/mol. The number of nitrogens with one attached hydrogen (secondary N) is 1. The van der Waals surface area contributed by atoms with Crippen molar-refractivity contribution < 1.29 is 4.79 Å². The molecule has 0 aliphatic rings. The van der Waals surface area contributed by atoms with E-state index in [-0.39, 0.29) is 5.78 Å². The fourth-order valence-corrected chi connectivity index (χ4v) is 2.41. The highest BCUT2D eigenvalue weighted by Crippen LogP contribution is 2.23. The Labute approximate surface area is 114 Å². The maximum atomic E-state index is 12.1. The van der Waals surface area contributed by atoms with Crippen LogP contribution >= 0.6 is 22.6 Å². The first kappa shape index (κ1) is 12.6. The summed E-state index contributed by atoms with van der Waals surface area (Å²) in [5.74, 6) is 0.152. The number of nitrogens with zero attached hydrogens (tertiary/aromatic N) is 1. The van der Waals surface area contributed by atoms with Crippen LogP contribution in [0.5, 0.6) is 0 Å². The monoisotopic (exact) mass is 342 g/mol. The molecule has 4 heteroatoms. The van der Waals surface area contributed by atoms with E-state index in [1.165, 1.54) is 0 Å². The van der Waals surface area contributed by atoms with Gasteiger partial charge in [0, 0.05) is 33.3 Å². The second-order valence-electron chi connectivity index (χ2n) is 4.02. The second-order valence-corrected chi connectivity index (χ2v) is 5.26. The van der Waals surface area contributed by atoms with Crippen LogP contribution in [0.3, 0.4) is 0 Å². The molecule has 0 radical (unpaired) electrons. The predicted octanol–water partition coefficient (Wildman–Crippen LogP) is 2.58. The summed E-state index contributed by atoms with van der Waals surface area (Å²) in [6, 6.07) is 6.18. The number of carbonyl (C=O) groups excluding carboxylic acids is 1. The summed E-state index contributed by atoms with van der Waals surface area (Å²) < 4.78 is 3.16. The number of aryl methyl sites for hydroxylation is 1. The third-order valence-electron chi connectivity index (χ3n) is 2.79. The number of rotatable bonds is 4. The van der Waals surface area contributed by atoms with Gasteiger partial charge in [-0.3, -0.25) is 4.79 Å². The van der Waals surface area contributed by atoms with Crippen molar-refractivity contribution in [2.45, 2.75) is 6.92 Å². The minimum Gasteiger partial charge on any atom is -0.350 e. The lowest BCUT2D eigenvalue weighted by molar-refractivity contribution is 0.0993. The fraction of sp³-hybridized carbons (Fsp3) is 0.308. The van der Waals surface area contributed by atoms with Gasteiger partial charge in [-0.25, -0.2) is 0 Å². The molecule has 2 rings (SSSR count). The lowest BCUT2D eigenvalue weighted by Gasteiger charge is -2.00. The number of carbonyl (C=O) groups is 1. The number of hydrogen-bond donors (Lipinski definition) is 1. The molecule has 90 valence electrons. The highest BCUT2D eigenvalue weighted by molar-refractivity contribution is 14.1. The molecule has 2 aromatic rings. The molecule has 0 saturated carbocycles. The zero-order valence-corrected chi connectivity index (χ0v) is 12.1. The first-order valence-corrected chi connectivity index (χ1v) is 6.70. The molecule has 3 nitrogen and oxygen atoms in total. The molecule has 0 unspecified atom stereocenters. The number of likely N-dealkylation sites (N-methyl/N-ethyl adjacent to an activating group) is 1. The summed E-state index contributed by atoms with van der Waals surface area (Å²) in [7, 11) is 1.97. The number of Topliss-reactive ketones (excluding diaryl/α,β-unsaturated/α-hetero) is 1. The van der Waals surface area contributed by atoms with Crippen LogP contribution < -0.4 is 5.32 Å². The van der Waals surface area contributed by atoms with E-state index in [1.807, 2.05) is 24.7 Å². The van der Waals surface area contributed by atoms with Gasteiger partial charge in [-0.1, -0.05) is 6.92 Å². The molecule has 0 spiro atoms. The highest BCUT2D eigenvalue weighted by atomic mass is 127. The Balaban J connectivity index is 2.46. The quantitative estimate of drug-likeness (QED) is 0.685. The Morgan fingerprint density at radius 3 is 2.94 bits per heavy atom. The molecule has 0 atom stereocenters. The van der Waals surface area contributed by atoms with Gasteiger partial charge in [-0.15, -0.1) is 0 Å². The summed E-state index contributed by atoms with van der Waals surface area (Å²) in [5.41, 5.74) is 1.91. The third-order valence-corrected chi connectivity index (χ3v) is 3.46. The third kappa shape index (κ3) is 2.52. The van der Waals surface area contributed by atoms with Crippen molar-refractivity contribution in [2.75, 3.05) is 13.1 Å². The number of fused-ring (bicyclic) bond motifs is 1. The van der Waals surface area contributed by atoms with E-state index >= 15 is 0 Å². The molecule has 17 heavy (non-hydrogen) atoms. The van der Waals surface area contributed by atoms with Crippen LogP contribution in [0, 0.1) is 3.57 Å². The predicted molar refractivity (Wildman–Crippen MR) is 78.5 cm³/mol. The minimum absolute atomic E-state index is 0.152. The Hall–Kier alpha value is -0.880. The van der Waals surface area contributed by atoms with E-state index < -0.39 is 0 Å². The van der Waals surface area contributed by atoms with Gasteiger partial charge in [0.2, 0.25) is 0 Å². The summed E-state index contributed by atoms with van der Waals surface area (Å²) >= 11 is 2.27. The van der Waals surface area contributed by atoms with Crippen LogP contribution in [0.4, 0.5) is 0 Å². The van der Waals surface area contributed by atoms with Gasteiger partial charge in [-0.05, 0) is 47.3 Å². The Bertz CT molecular complexity index is 560. The van der Waals surface area contributed by atoms with Gasteiger partial charge in [0.05, 0.1) is 6.54 Å². The molecule has 0 fully saturated rings. The molecule has 1 N–H and O–H groups in total. The molecule has 1 aromatic heterocycles. The maximum Gasteiger partial charge on any atom is 0.178 e. The molecule has 0 aliphatic carbocycles. The smallest absolute Gasteiger partial charge is 0.178 e. The molecule has 0 aliphatic heterocycles. The summed E-state index contributed by atoms with van der Waals surface area (Å²) in [6.07, 6.45) is 1.92. The van der Waals surface area contributed by atoms with E-state index in [0.717, 1.165) is 26.6 Å². The van der Waals surface area contributed by atoms with Crippen molar-refractivity contribution >= 4 is 39.3 Å². The number of aromatic nitrogens is 1. The molecule has 1 aromatic carbocycles. The van der Waals surface area contributed by atoms with Gasteiger partial charge >= 0.3 is 0 Å². The topological polar surface area (TPSA) is 34.0 Å². The zero-order chi connectivity index (χ0) is 12.4. The summed E-state index contributed by atoms with van der Waals surface area (Å²) in [6.45, 7) is 3.22. The number of benzene rings is 1. The normalized spacial score (nSPS) is 11.0. The van der Waals surface area contributed by atoms with Crippen molar-refractivity contribution in [3.05, 3.63) is 33.5 Å². The van der Waals surface area contributed by atoms with Gasteiger partial charge in [0.1, 0.15) is 0 Å². The standard InChI is InChI=1S/C13H15IN2O/c1-3-15-7-13(17)11-8-16(2)12-5-4-9(14)6-10(11)12/h4-6,8,15H,3,7H2,1-2H3. The van der Waals surface area contributed by atoms with Crippen molar-refractivity contribution in [1.82, 2.24) is 9.88 Å². The van der Waals surface area contributed by atoms with Gasteiger partial charge in [0.25, 0.3) is 0 Å². The van der Waals surface area contributed by atoms with Crippen molar-refractivity contribution in [3.63, 3.8) is 0 Å². The maximum absolute atomic E-state index is 12.1. The average Bonchev–Trinajstić information content (AvgIpc) is 2.63. The largest absolute Gasteiger partial charge is 0.350 e. The second kappa shape index (κ2) is 5.18. The first-order chi connectivity index (χ1) is 8.13. The van der Waals surface area contributed by atoms with Gasteiger partial charge < -0.3 is 9.88 Å². The first-order valence-electron chi connectivity index (χ1n) is 5.62. The van der Waals surface area contributed by atoms with E-state index in [2.05, 4.69) is 46.1 Å². The van der Waals surface area contributed by atoms with Crippen molar-refractivity contribution in [1.29, 1.82) is 0 Å². The van der Waals surface area contributed by atoms with Crippen molar-refractivity contribution in [2.24, 2.45) is 7.05 Å². The number of ketones is 1. The SMILES string of the molecule is CCNCC(=O)c1cn(C)c2ccc(I)cc12. The highest BCUT2D eigenvalue weighted by Gasteiger charge is 2.13. The van der Waals surface area contributed by atoms with Crippen LogP contribution in [0.2, 0.25) is 0 Å². The van der Waals surface area contributed by atoms with Crippen LogP contribution in [-0.2, 0) is 7.05 Å². The molecular weight excluding hydrogens is 327 g/mol. The van der Waals surface area contributed by atoms with E-state index in [1.54, 1.807) is 0 Å². The van der Waals surface area contributed by atoms with E-state index in [0.29, 0.717) is 6.54 Å². The van der Waals surface area contributed by atoms with Crippen LogP contribution in [-0.4, -0.2) is 23.4 Å². The van der Waals surface area contributed by atoms with Crippen LogP contribution in [0.25, 0.3) is 10.9 Å². The van der Waals surface area contributed by atoms with E-state index in [9.17, 15) is 4.79 Å². The van der Waals surface area contributed by atoms with E-state index in [4.69, 9.17) is 0 Å². The van der Waals surface area contributed by atoms with Crippen molar-refractivity contribution in [3.8, 4) is 0 Å². The van der Waals surface area contributed by atoms with Crippen LogP contribution in [0.15, 0.2) is 24.4 Å². The summed E-state index contributed by atoms with van der Waals surface area (Å²) in [5, 5.41) is 4.12. The molecule has 0 amide bonds. The zero-order valence-electron chi connectivity index (χ0n) is 9.96. The van der Waals surface area contributed by atoms with Gasteiger partial charge in [0.15, 0.2) is 5.78 Å². The molecule has 0 saturated heterocycles. The molecule has 1 heterocycles. The Morgan fingerprint density at radius 2 is 2.24 bits per heavy atom. The lowest BCUT2D eigenvalue weighted by Crippen LogP contribution is -2.22. The van der Waals surface area contributed by atoms with Gasteiger partial charge in [-0.2, -0.15) is 0 Å². The summed E-state index contributed by atoms with van der Waals surface area (Å²) in [4.78, 5) is 12.1. The van der Waals surface area contributed by atoms with Crippen LogP contribution in [0.1, 0.15) is 17.3 Å². The minimum atomic E-state index is 0.152. The lowest BCUT2D eigenvalue weighted by atomic mass is 10.1.